The Balaban J connectivity index is 1.12. The summed E-state index contributed by atoms with van der Waals surface area (Å²) in [6.07, 6.45) is 0. The maximum atomic E-state index is 6.45. The first-order chi connectivity index (χ1) is 25.3. The molecule has 0 bridgehead atoms. The maximum absolute atomic E-state index is 6.45. The second-order valence-corrected chi connectivity index (χ2v) is 12.7. The summed E-state index contributed by atoms with van der Waals surface area (Å²) < 4.78 is 18.9. The van der Waals surface area contributed by atoms with Crippen molar-refractivity contribution in [3.63, 3.8) is 0 Å². The number of benzene rings is 7. The average molecular weight is 656 g/mol. The van der Waals surface area contributed by atoms with Crippen LogP contribution in [-0.2, 0) is 0 Å². The largest absolute Gasteiger partial charge is 0.456 e. The standard InChI is InChI=1S/C45H25N3O3/c1-4-17-35-29(10-1)30-14-7-16-34(42(30)51-35)45-47-43(46-44(48-45)33-15-9-21-39-41(33)32-12-3-6-19-37(32)50-39)27-24-22-26(23-25-27)28-13-8-20-38-40(28)31-11-2-5-18-36(31)49-38/h1-25H. The highest BCUT2D eigenvalue weighted by atomic mass is 16.3. The van der Waals surface area contributed by atoms with Crippen LogP contribution < -0.4 is 0 Å². The van der Waals surface area contributed by atoms with Gasteiger partial charge in [-0.15, -0.1) is 0 Å². The fourth-order valence-corrected chi connectivity index (χ4v) is 7.44. The van der Waals surface area contributed by atoms with E-state index in [1.807, 2.05) is 97.1 Å². The van der Waals surface area contributed by atoms with Crippen LogP contribution in [0.5, 0.6) is 0 Å². The fourth-order valence-electron chi connectivity index (χ4n) is 7.44. The van der Waals surface area contributed by atoms with Gasteiger partial charge < -0.3 is 13.3 Å². The first-order valence-electron chi connectivity index (χ1n) is 16.9. The van der Waals surface area contributed by atoms with Crippen molar-refractivity contribution in [2.45, 2.75) is 0 Å². The van der Waals surface area contributed by atoms with Gasteiger partial charge in [-0.05, 0) is 47.5 Å². The van der Waals surface area contributed by atoms with Crippen LogP contribution in [0, 0.1) is 0 Å². The molecule has 0 spiro atoms. The molecule has 0 aliphatic rings. The van der Waals surface area contributed by atoms with E-state index in [1.54, 1.807) is 0 Å². The van der Waals surface area contributed by atoms with Crippen molar-refractivity contribution in [1.82, 2.24) is 15.0 Å². The van der Waals surface area contributed by atoms with E-state index in [0.717, 1.165) is 93.6 Å². The predicted molar refractivity (Wildman–Crippen MR) is 203 cm³/mol. The molecule has 6 heteroatoms. The zero-order chi connectivity index (χ0) is 33.5. The smallest absolute Gasteiger partial charge is 0.167 e. The number of nitrogens with zero attached hydrogens (tertiary/aromatic N) is 3. The number of hydrogen-bond acceptors (Lipinski definition) is 6. The Morgan fingerprint density at radius 2 is 0.745 bits per heavy atom. The Labute approximate surface area is 290 Å². The Bertz CT molecular complexity index is 3150. The van der Waals surface area contributed by atoms with Crippen LogP contribution in [0.25, 0.3) is 111 Å². The molecule has 0 unspecified atom stereocenters. The maximum Gasteiger partial charge on any atom is 0.167 e. The summed E-state index contributed by atoms with van der Waals surface area (Å²) in [5, 5.41) is 6.24. The van der Waals surface area contributed by atoms with Crippen LogP contribution in [-0.4, -0.2) is 15.0 Å². The number of rotatable bonds is 4. The second kappa shape index (κ2) is 10.7. The van der Waals surface area contributed by atoms with Crippen LogP contribution in [0.4, 0.5) is 0 Å². The number of para-hydroxylation sites is 4. The van der Waals surface area contributed by atoms with Crippen molar-refractivity contribution in [3.8, 4) is 45.3 Å². The third-order valence-corrected chi connectivity index (χ3v) is 9.78. The van der Waals surface area contributed by atoms with Crippen LogP contribution in [0.15, 0.2) is 165 Å². The molecule has 11 aromatic rings. The molecule has 4 aromatic heterocycles. The first kappa shape index (κ1) is 27.9. The lowest BCUT2D eigenvalue weighted by Gasteiger charge is -2.10. The normalized spacial score (nSPS) is 11.9. The Morgan fingerprint density at radius 1 is 0.294 bits per heavy atom. The average Bonchev–Trinajstić information content (AvgIpc) is 3.89. The van der Waals surface area contributed by atoms with Crippen molar-refractivity contribution >= 4 is 65.8 Å². The summed E-state index contributed by atoms with van der Waals surface area (Å²) in [6.45, 7) is 0. The van der Waals surface area contributed by atoms with Gasteiger partial charge in [0.2, 0.25) is 0 Å². The molecule has 11 rings (SSSR count). The Hall–Kier alpha value is -7.05. The van der Waals surface area contributed by atoms with E-state index in [0.29, 0.717) is 17.5 Å². The number of aromatic nitrogens is 3. The molecular formula is C45H25N3O3. The van der Waals surface area contributed by atoms with E-state index >= 15 is 0 Å². The quantitative estimate of drug-likeness (QED) is 0.188. The van der Waals surface area contributed by atoms with Gasteiger partial charge in [-0.25, -0.2) is 15.0 Å². The van der Waals surface area contributed by atoms with Gasteiger partial charge in [-0.3, -0.25) is 0 Å². The summed E-state index contributed by atoms with van der Waals surface area (Å²) in [5.74, 6) is 1.65. The molecule has 0 fully saturated rings. The third-order valence-electron chi connectivity index (χ3n) is 9.78. The van der Waals surface area contributed by atoms with Crippen LogP contribution in [0.2, 0.25) is 0 Å². The molecule has 4 heterocycles. The highest BCUT2D eigenvalue weighted by molar-refractivity contribution is 6.13. The van der Waals surface area contributed by atoms with E-state index in [-0.39, 0.29) is 0 Å². The zero-order valence-electron chi connectivity index (χ0n) is 27.0. The van der Waals surface area contributed by atoms with Crippen LogP contribution in [0.1, 0.15) is 0 Å². The number of fused-ring (bicyclic) bond motifs is 9. The summed E-state index contributed by atoms with van der Waals surface area (Å²) in [6, 6.07) is 51.1. The van der Waals surface area contributed by atoms with E-state index in [4.69, 9.17) is 28.2 Å². The molecule has 0 saturated carbocycles. The van der Waals surface area contributed by atoms with E-state index in [2.05, 4.69) is 54.6 Å². The van der Waals surface area contributed by atoms with Crippen LogP contribution >= 0.6 is 0 Å². The minimum atomic E-state index is 0.531. The monoisotopic (exact) mass is 655 g/mol. The zero-order valence-corrected chi connectivity index (χ0v) is 27.0. The van der Waals surface area contributed by atoms with E-state index in [9.17, 15) is 0 Å². The lowest BCUT2D eigenvalue weighted by atomic mass is 9.98. The molecule has 0 atom stereocenters. The lowest BCUT2D eigenvalue weighted by Crippen LogP contribution is -2.00. The van der Waals surface area contributed by atoms with Crippen molar-refractivity contribution in [3.05, 3.63) is 152 Å². The minimum Gasteiger partial charge on any atom is -0.456 e. The van der Waals surface area contributed by atoms with Gasteiger partial charge in [0.1, 0.15) is 33.5 Å². The molecule has 0 amide bonds. The molecule has 0 aliphatic heterocycles. The van der Waals surface area contributed by atoms with Gasteiger partial charge in [0.05, 0.1) is 5.56 Å². The number of furan rings is 3. The summed E-state index contributed by atoms with van der Waals surface area (Å²) in [4.78, 5) is 15.4. The molecular weight excluding hydrogens is 631 g/mol. The molecule has 7 aromatic carbocycles. The van der Waals surface area contributed by atoms with Crippen molar-refractivity contribution < 1.29 is 13.3 Å². The lowest BCUT2D eigenvalue weighted by molar-refractivity contribution is 0.668. The molecule has 0 N–H and O–H groups in total. The van der Waals surface area contributed by atoms with Gasteiger partial charge in [0, 0.05) is 43.4 Å². The molecule has 51 heavy (non-hydrogen) atoms. The molecule has 0 radical (unpaired) electrons. The summed E-state index contributed by atoms with van der Waals surface area (Å²) in [7, 11) is 0. The van der Waals surface area contributed by atoms with E-state index < -0.39 is 0 Å². The highest BCUT2D eigenvalue weighted by Crippen LogP contribution is 2.40. The molecule has 0 saturated heterocycles. The van der Waals surface area contributed by atoms with E-state index in [1.165, 1.54) is 0 Å². The van der Waals surface area contributed by atoms with Crippen LogP contribution in [0.3, 0.4) is 0 Å². The van der Waals surface area contributed by atoms with Gasteiger partial charge in [-0.2, -0.15) is 0 Å². The molecule has 0 aliphatic carbocycles. The van der Waals surface area contributed by atoms with Gasteiger partial charge in [-0.1, -0.05) is 115 Å². The Morgan fingerprint density at radius 3 is 1.43 bits per heavy atom. The van der Waals surface area contributed by atoms with Gasteiger partial charge in [0.25, 0.3) is 0 Å². The van der Waals surface area contributed by atoms with Gasteiger partial charge in [0.15, 0.2) is 17.5 Å². The topological polar surface area (TPSA) is 78.1 Å². The summed E-state index contributed by atoms with van der Waals surface area (Å²) >= 11 is 0. The summed E-state index contributed by atoms with van der Waals surface area (Å²) in [5.41, 5.74) is 9.62. The SMILES string of the molecule is c1ccc2c(c1)oc1c(-c3nc(-c4ccc(-c5cccc6oc7ccccc7c56)cc4)nc(-c4cccc5oc6ccccc6c45)n3)cccc12. The van der Waals surface area contributed by atoms with Crippen molar-refractivity contribution in [1.29, 1.82) is 0 Å². The van der Waals surface area contributed by atoms with Crippen molar-refractivity contribution in [2.75, 3.05) is 0 Å². The first-order valence-corrected chi connectivity index (χ1v) is 16.9. The fraction of sp³-hybridized carbons (Fsp3) is 0. The van der Waals surface area contributed by atoms with Crippen molar-refractivity contribution in [2.24, 2.45) is 0 Å². The predicted octanol–water partition coefficient (Wildman–Crippen LogP) is 12.2. The molecule has 238 valence electrons. The highest BCUT2D eigenvalue weighted by Gasteiger charge is 2.20. The second-order valence-electron chi connectivity index (χ2n) is 12.7. The Kier molecular flexibility index (Phi) is 5.86. The third kappa shape index (κ3) is 4.26. The van der Waals surface area contributed by atoms with Gasteiger partial charge >= 0.3 is 0 Å². The minimum absolute atomic E-state index is 0.531. The molecule has 6 nitrogen and oxygen atoms in total. The number of hydrogen-bond donors (Lipinski definition) is 0.